The van der Waals surface area contributed by atoms with Crippen molar-refractivity contribution < 1.29 is 0 Å². The van der Waals surface area contributed by atoms with Crippen molar-refractivity contribution in [2.45, 2.75) is 53.1 Å². The minimum absolute atomic E-state index is 0.0256. The van der Waals surface area contributed by atoms with E-state index in [2.05, 4.69) is 58.5 Å². The van der Waals surface area contributed by atoms with Gasteiger partial charge in [0.05, 0.1) is 11.2 Å². The van der Waals surface area contributed by atoms with Gasteiger partial charge in [-0.3, -0.25) is 4.90 Å². The van der Waals surface area contributed by atoms with Crippen LogP contribution < -0.4 is 0 Å². The topological polar surface area (TPSA) is 16.1 Å². The summed E-state index contributed by atoms with van der Waals surface area (Å²) in [5, 5.41) is 1.22. The van der Waals surface area contributed by atoms with Crippen molar-refractivity contribution >= 4 is 11.3 Å². The molecule has 1 aromatic rings. The highest BCUT2D eigenvalue weighted by Gasteiger charge is 2.30. The van der Waals surface area contributed by atoms with Crippen molar-refractivity contribution in [3.8, 4) is 0 Å². The average molecular weight is 226 g/mol. The van der Waals surface area contributed by atoms with E-state index in [4.69, 9.17) is 0 Å². The van der Waals surface area contributed by atoms with Gasteiger partial charge in [-0.05, 0) is 48.6 Å². The summed E-state index contributed by atoms with van der Waals surface area (Å²) >= 11 is 1.81. The van der Waals surface area contributed by atoms with Gasteiger partial charge in [0.25, 0.3) is 0 Å². The molecule has 1 heterocycles. The van der Waals surface area contributed by atoms with Crippen molar-refractivity contribution in [3.63, 3.8) is 0 Å². The zero-order chi connectivity index (χ0) is 11.8. The van der Waals surface area contributed by atoms with E-state index in [-0.39, 0.29) is 5.54 Å². The van der Waals surface area contributed by atoms with E-state index >= 15 is 0 Å². The van der Waals surface area contributed by atoms with Crippen LogP contribution in [0.5, 0.6) is 0 Å². The molecule has 0 saturated carbocycles. The molecule has 1 aromatic heterocycles. The van der Waals surface area contributed by atoms with E-state index in [0.717, 1.165) is 0 Å². The lowest BCUT2D eigenvalue weighted by Crippen LogP contribution is -2.42. The van der Waals surface area contributed by atoms with Crippen LogP contribution in [0.1, 0.15) is 43.3 Å². The summed E-state index contributed by atoms with van der Waals surface area (Å²) in [5.41, 5.74) is 1.19. The number of aromatic nitrogens is 1. The van der Waals surface area contributed by atoms with E-state index in [0.29, 0.717) is 6.04 Å². The van der Waals surface area contributed by atoms with Gasteiger partial charge in [0, 0.05) is 10.9 Å². The number of thiazole rings is 1. The van der Waals surface area contributed by atoms with Crippen LogP contribution in [0.15, 0.2) is 0 Å². The Morgan fingerprint density at radius 1 is 1.27 bits per heavy atom. The molecular weight excluding hydrogens is 204 g/mol. The van der Waals surface area contributed by atoms with E-state index in [1.807, 2.05) is 11.3 Å². The second-order valence-electron chi connectivity index (χ2n) is 4.92. The normalized spacial score (nSPS) is 12.9. The minimum atomic E-state index is 0.0256. The molecule has 0 bridgehead atoms. The largest absolute Gasteiger partial charge is 0.293 e. The Hall–Kier alpha value is -0.410. The van der Waals surface area contributed by atoms with Crippen LogP contribution in [0.2, 0.25) is 0 Å². The van der Waals surface area contributed by atoms with E-state index in [9.17, 15) is 0 Å². The summed E-state index contributed by atoms with van der Waals surface area (Å²) in [6, 6.07) is 0.532. The van der Waals surface area contributed by atoms with Gasteiger partial charge in [-0.1, -0.05) is 0 Å². The van der Waals surface area contributed by atoms with Gasteiger partial charge >= 0.3 is 0 Å². The van der Waals surface area contributed by atoms with Crippen molar-refractivity contribution in [2.24, 2.45) is 0 Å². The number of hydrogen-bond acceptors (Lipinski definition) is 3. The van der Waals surface area contributed by atoms with Crippen LogP contribution in [0.25, 0.3) is 0 Å². The second-order valence-corrected chi connectivity index (χ2v) is 6.13. The molecule has 0 amide bonds. The lowest BCUT2D eigenvalue weighted by Gasteiger charge is -2.36. The highest BCUT2D eigenvalue weighted by atomic mass is 32.1. The maximum atomic E-state index is 4.66. The first kappa shape index (κ1) is 12.7. The molecule has 0 saturated heterocycles. The Labute approximate surface area is 97.3 Å². The van der Waals surface area contributed by atoms with Crippen LogP contribution in [0, 0.1) is 13.8 Å². The third-order valence-corrected chi connectivity index (χ3v) is 4.59. The van der Waals surface area contributed by atoms with E-state index in [1.165, 1.54) is 15.6 Å². The molecule has 0 aromatic carbocycles. The molecule has 0 aliphatic carbocycles. The van der Waals surface area contributed by atoms with Gasteiger partial charge in [0.15, 0.2) is 0 Å². The molecule has 3 heteroatoms. The summed E-state index contributed by atoms with van der Waals surface area (Å²) < 4.78 is 0. The molecule has 0 fully saturated rings. The summed E-state index contributed by atoms with van der Waals surface area (Å²) in [6.07, 6.45) is 0. The molecule has 0 radical (unpaired) electrons. The molecule has 1 rings (SSSR count). The predicted molar refractivity (Wildman–Crippen MR) is 67.5 cm³/mol. The molecule has 15 heavy (non-hydrogen) atoms. The van der Waals surface area contributed by atoms with E-state index in [1.54, 1.807) is 0 Å². The minimum Gasteiger partial charge on any atom is -0.293 e. The van der Waals surface area contributed by atoms with Crippen molar-refractivity contribution in [2.75, 3.05) is 7.05 Å². The van der Waals surface area contributed by atoms with Crippen LogP contribution in [-0.4, -0.2) is 23.0 Å². The first-order valence-corrected chi connectivity index (χ1v) is 6.26. The summed E-state index contributed by atoms with van der Waals surface area (Å²) in [4.78, 5) is 8.36. The average Bonchev–Trinajstić information content (AvgIpc) is 2.46. The SMILES string of the molecule is Cc1nc(C(C)(C)N(C)C(C)C)sc1C. The van der Waals surface area contributed by atoms with Crippen LogP contribution in [0.3, 0.4) is 0 Å². The lowest BCUT2D eigenvalue weighted by molar-refractivity contribution is 0.118. The van der Waals surface area contributed by atoms with Crippen molar-refractivity contribution in [1.29, 1.82) is 0 Å². The number of hydrogen-bond donors (Lipinski definition) is 0. The summed E-state index contributed by atoms with van der Waals surface area (Å²) in [6.45, 7) is 13.1. The summed E-state index contributed by atoms with van der Waals surface area (Å²) in [7, 11) is 2.16. The van der Waals surface area contributed by atoms with Crippen LogP contribution >= 0.6 is 11.3 Å². The maximum absolute atomic E-state index is 4.66. The Morgan fingerprint density at radius 2 is 1.80 bits per heavy atom. The molecule has 0 unspecified atom stereocenters. The molecule has 0 aliphatic rings. The van der Waals surface area contributed by atoms with Crippen molar-refractivity contribution in [1.82, 2.24) is 9.88 Å². The predicted octanol–water partition coefficient (Wildman–Crippen LogP) is 3.34. The van der Waals surface area contributed by atoms with Gasteiger partial charge in [-0.25, -0.2) is 4.98 Å². The van der Waals surface area contributed by atoms with Crippen molar-refractivity contribution in [3.05, 3.63) is 15.6 Å². The fourth-order valence-electron chi connectivity index (χ4n) is 1.53. The standard InChI is InChI=1S/C12H22N2S/c1-8(2)14(7)12(5,6)11-13-9(3)10(4)15-11/h8H,1-7H3. The van der Waals surface area contributed by atoms with Gasteiger partial charge < -0.3 is 0 Å². The monoisotopic (exact) mass is 226 g/mol. The fourth-order valence-corrected chi connectivity index (χ4v) is 2.59. The molecule has 86 valence electrons. The number of aryl methyl sites for hydroxylation is 2. The highest BCUT2D eigenvalue weighted by molar-refractivity contribution is 7.11. The zero-order valence-electron chi connectivity index (χ0n) is 10.9. The van der Waals surface area contributed by atoms with Gasteiger partial charge in [-0.2, -0.15) is 0 Å². The third-order valence-electron chi connectivity index (χ3n) is 3.21. The molecular formula is C12H22N2S. The number of nitrogens with zero attached hydrogens (tertiary/aromatic N) is 2. The smallest absolute Gasteiger partial charge is 0.113 e. The Balaban J connectivity index is 3.04. The molecule has 2 nitrogen and oxygen atoms in total. The van der Waals surface area contributed by atoms with Gasteiger partial charge in [0.1, 0.15) is 5.01 Å². The van der Waals surface area contributed by atoms with Gasteiger partial charge in [0.2, 0.25) is 0 Å². The van der Waals surface area contributed by atoms with E-state index < -0.39 is 0 Å². The van der Waals surface area contributed by atoms with Crippen LogP contribution in [0.4, 0.5) is 0 Å². The highest BCUT2D eigenvalue weighted by Crippen LogP contribution is 2.32. The molecule has 0 N–H and O–H groups in total. The molecule has 0 atom stereocenters. The Morgan fingerprint density at radius 3 is 2.13 bits per heavy atom. The Bertz CT molecular complexity index is 320. The first-order chi connectivity index (χ1) is 6.76. The van der Waals surface area contributed by atoms with Crippen LogP contribution in [-0.2, 0) is 5.54 Å². The van der Waals surface area contributed by atoms with Gasteiger partial charge in [-0.15, -0.1) is 11.3 Å². The molecule has 0 spiro atoms. The lowest BCUT2D eigenvalue weighted by atomic mass is 10.0. The maximum Gasteiger partial charge on any atom is 0.113 e. The zero-order valence-corrected chi connectivity index (χ0v) is 11.7. The first-order valence-electron chi connectivity index (χ1n) is 5.44. The third kappa shape index (κ3) is 2.40. The second kappa shape index (κ2) is 4.22. The summed E-state index contributed by atoms with van der Waals surface area (Å²) in [5.74, 6) is 0. The Kier molecular flexibility index (Phi) is 3.56. The quantitative estimate of drug-likeness (QED) is 0.786. The fraction of sp³-hybridized carbons (Fsp3) is 0.750. The number of rotatable bonds is 3. The molecule has 0 aliphatic heterocycles.